The van der Waals surface area contributed by atoms with E-state index < -0.39 is 0 Å². The highest BCUT2D eigenvalue weighted by atomic mass is 32.1. The number of hydrogen-bond donors (Lipinski definition) is 1. The summed E-state index contributed by atoms with van der Waals surface area (Å²) < 4.78 is 0. The van der Waals surface area contributed by atoms with Crippen molar-refractivity contribution in [3.05, 3.63) is 16.0 Å². The van der Waals surface area contributed by atoms with Gasteiger partial charge in [0.2, 0.25) is 0 Å². The van der Waals surface area contributed by atoms with Crippen LogP contribution in [0, 0.1) is 11.3 Å². The van der Waals surface area contributed by atoms with Crippen LogP contribution in [0.25, 0.3) is 0 Å². The molecule has 0 aliphatic carbocycles. The van der Waals surface area contributed by atoms with Gasteiger partial charge in [0.15, 0.2) is 0 Å². The summed E-state index contributed by atoms with van der Waals surface area (Å²) in [5.74, 6) is 0. The molecule has 2 N–H and O–H groups in total. The Morgan fingerprint density at radius 3 is 3.07 bits per heavy atom. The monoisotopic (exact) mass is 219 g/mol. The standard InChI is InChI=1S/C11H13N3S/c1-14-6-2-3-8(14)10-7(5-12)11(13)15-9(10)4-6/h6,8H,2-4,13H2,1H3/t6-,8?/m1/s1. The minimum absolute atomic E-state index is 0.446. The number of fused-ring (bicyclic) bond motifs is 4. The third-order valence-electron chi connectivity index (χ3n) is 3.76. The van der Waals surface area contributed by atoms with Crippen molar-refractivity contribution in [2.24, 2.45) is 0 Å². The molecule has 2 aliphatic heterocycles. The second kappa shape index (κ2) is 2.97. The van der Waals surface area contributed by atoms with Gasteiger partial charge < -0.3 is 5.73 Å². The van der Waals surface area contributed by atoms with Crippen LogP contribution < -0.4 is 5.73 Å². The fourth-order valence-corrected chi connectivity index (χ4v) is 4.10. The second-order valence-corrected chi connectivity index (χ2v) is 5.54. The van der Waals surface area contributed by atoms with Crippen molar-refractivity contribution in [2.75, 3.05) is 12.8 Å². The van der Waals surface area contributed by atoms with Crippen molar-refractivity contribution < 1.29 is 0 Å². The largest absolute Gasteiger partial charge is 0.389 e. The first kappa shape index (κ1) is 9.20. The van der Waals surface area contributed by atoms with Gasteiger partial charge in [-0.25, -0.2) is 0 Å². The van der Waals surface area contributed by atoms with Gasteiger partial charge in [-0.2, -0.15) is 5.26 Å². The van der Waals surface area contributed by atoms with E-state index >= 15 is 0 Å². The van der Waals surface area contributed by atoms with E-state index in [1.807, 2.05) is 0 Å². The molecular formula is C11H13N3S. The highest BCUT2D eigenvalue weighted by molar-refractivity contribution is 7.16. The Morgan fingerprint density at radius 1 is 1.53 bits per heavy atom. The van der Waals surface area contributed by atoms with Gasteiger partial charge in [-0.1, -0.05) is 0 Å². The molecule has 15 heavy (non-hydrogen) atoms. The molecule has 0 radical (unpaired) electrons. The molecule has 0 spiro atoms. The topological polar surface area (TPSA) is 53.0 Å². The first-order valence-electron chi connectivity index (χ1n) is 5.25. The quantitative estimate of drug-likeness (QED) is 0.725. The van der Waals surface area contributed by atoms with E-state index in [9.17, 15) is 0 Å². The number of likely N-dealkylation sites (N-methyl/N-ethyl adjacent to an activating group) is 1. The lowest BCUT2D eigenvalue weighted by Crippen LogP contribution is -2.33. The van der Waals surface area contributed by atoms with Crippen LogP contribution in [0.4, 0.5) is 5.00 Å². The van der Waals surface area contributed by atoms with E-state index in [1.165, 1.54) is 23.3 Å². The summed E-state index contributed by atoms with van der Waals surface area (Å²) in [5, 5.41) is 9.85. The fraction of sp³-hybridized carbons (Fsp3) is 0.545. The van der Waals surface area contributed by atoms with E-state index in [1.54, 1.807) is 11.3 Å². The molecule has 3 rings (SSSR count). The Balaban J connectivity index is 2.20. The molecule has 0 aromatic carbocycles. The molecule has 1 aromatic heterocycles. The first-order valence-corrected chi connectivity index (χ1v) is 6.07. The maximum Gasteiger partial charge on any atom is 0.104 e. The van der Waals surface area contributed by atoms with Crippen molar-refractivity contribution in [2.45, 2.75) is 31.3 Å². The minimum atomic E-state index is 0.446. The van der Waals surface area contributed by atoms with Crippen molar-refractivity contribution in [3.8, 4) is 6.07 Å². The normalized spacial score (nSPS) is 28.8. The Hall–Kier alpha value is -1.05. The van der Waals surface area contributed by atoms with Crippen molar-refractivity contribution in [1.29, 1.82) is 5.26 Å². The lowest BCUT2D eigenvalue weighted by atomic mass is 9.98. The van der Waals surface area contributed by atoms with Crippen molar-refractivity contribution in [1.82, 2.24) is 4.90 Å². The van der Waals surface area contributed by atoms with Gasteiger partial charge in [0.05, 0.1) is 5.56 Å². The third-order valence-corrected chi connectivity index (χ3v) is 4.81. The van der Waals surface area contributed by atoms with Crippen LogP contribution in [0.15, 0.2) is 0 Å². The number of anilines is 1. The van der Waals surface area contributed by atoms with Crippen LogP contribution in [-0.2, 0) is 6.42 Å². The van der Waals surface area contributed by atoms with E-state index in [0.29, 0.717) is 17.1 Å². The van der Waals surface area contributed by atoms with E-state index in [0.717, 1.165) is 12.0 Å². The molecule has 1 aromatic rings. The molecule has 2 aliphatic rings. The van der Waals surface area contributed by atoms with E-state index in [4.69, 9.17) is 11.0 Å². The molecule has 3 nitrogen and oxygen atoms in total. The van der Waals surface area contributed by atoms with Crippen LogP contribution in [-0.4, -0.2) is 18.0 Å². The molecular weight excluding hydrogens is 206 g/mol. The van der Waals surface area contributed by atoms with Crippen LogP contribution in [0.2, 0.25) is 0 Å². The molecule has 2 bridgehead atoms. The maximum absolute atomic E-state index is 9.13. The zero-order valence-electron chi connectivity index (χ0n) is 8.66. The zero-order valence-corrected chi connectivity index (χ0v) is 9.47. The van der Waals surface area contributed by atoms with Crippen LogP contribution in [0.5, 0.6) is 0 Å². The first-order chi connectivity index (χ1) is 7.22. The van der Waals surface area contributed by atoms with Gasteiger partial charge in [0, 0.05) is 22.5 Å². The molecule has 78 valence electrons. The van der Waals surface area contributed by atoms with Crippen molar-refractivity contribution in [3.63, 3.8) is 0 Å². The number of nitrogen functional groups attached to an aromatic ring is 1. The van der Waals surface area contributed by atoms with Gasteiger partial charge in [0.1, 0.15) is 11.1 Å². The Morgan fingerprint density at radius 2 is 2.33 bits per heavy atom. The van der Waals surface area contributed by atoms with Gasteiger partial charge in [-0.15, -0.1) is 11.3 Å². The summed E-state index contributed by atoms with van der Waals surface area (Å²) >= 11 is 1.62. The SMILES string of the molecule is CN1C2CC[C@@H]1Cc1sc(N)c(C#N)c12. The molecule has 2 atom stereocenters. The maximum atomic E-state index is 9.13. The molecule has 1 fully saturated rings. The van der Waals surface area contributed by atoms with Gasteiger partial charge in [-0.05, 0) is 26.3 Å². The van der Waals surface area contributed by atoms with Crippen LogP contribution in [0.3, 0.4) is 0 Å². The Labute approximate surface area is 93.1 Å². The molecule has 0 amide bonds. The minimum Gasteiger partial charge on any atom is -0.389 e. The van der Waals surface area contributed by atoms with Gasteiger partial charge >= 0.3 is 0 Å². The number of nitrogens with zero attached hydrogens (tertiary/aromatic N) is 2. The number of thiophene rings is 1. The average molecular weight is 219 g/mol. The van der Waals surface area contributed by atoms with Gasteiger partial charge in [0.25, 0.3) is 0 Å². The number of rotatable bonds is 0. The summed E-state index contributed by atoms with van der Waals surface area (Å²) in [6.45, 7) is 0. The summed E-state index contributed by atoms with van der Waals surface area (Å²) in [4.78, 5) is 3.77. The smallest absolute Gasteiger partial charge is 0.104 e. The Bertz CT molecular complexity index is 457. The zero-order chi connectivity index (χ0) is 10.6. The second-order valence-electron chi connectivity index (χ2n) is 4.41. The highest BCUT2D eigenvalue weighted by Crippen LogP contribution is 2.48. The molecule has 1 unspecified atom stereocenters. The highest BCUT2D eigenvalue weighted by Gasteiger charge is 2.40. The summed E-state index contributed by atoms with van der Waals surface area (Å²) in [7, 11) is 2.17. The molecule has 1 saturated heterocycles. The van der Waals surface area contributed by atoms with E-state index in [2.05, 4.69) is 18.0 Å². The Kier molecular flexibility index (Phi) is 1.82. The fourth-order valence-electron chi connectivity index (χ4n) is 2.95. The third kappa shape index (κ3) is 1.08. The van der Waals surface area contributed by atoms with E-state index in [-0.39, 0.29) is 0 Å². The predicted octanol–water partition coefficient (Wildman–Crippen LogP) is 1.89. The summed E-state index contributed by atoms with van der Waals surface area (Å²) in [5.41, 5.74) is 7.86. The predicted molar refractivity (Wildman–Crippen MR) is 60.7 cm³/mol. The molecule has 0 saturated carbocycles. The van der Waals surface area contributed by atoms with Crippen molar-refractivity contribution >= 4 is 16.3 Å². The average Bonchev–Trinajstić information content (AvgIpc) is 2.63. The lowest BCUT2D eigenvalue weighted by molar-refractivity contribution is 0.226. The number of nitrogens with two attached hydrogens (primary N) is 1. The molecule has 3 heterocycles. The lowest BCUT2D eigenvalue weighted by Gasteiger charge is -2.31. The number of hydrogen-bond acceptors (Lipinski definition) is 4. The van der Waals surface area contributed by atoms with Crippen LogP contribution >= 0.6 is 11.3 Å². The molecule has 4 heteroatoms. The summed E-state index contributed by atoms with van der Waals surface area (Å²) in [6, 6.07) is 3.38. The van der Waals surface area contributed by atoms with Crippen LogP contribution in [0.1, 0.15) is 34.9 Å². The summed E-state index contributed by atoms with van der Waals surface area (Å²) in [6.07, 6.45) is 3.52. The van der Waals surface area contributed by atoms with Gasteiger partial charge in [-0.3, -0.25) is 4.90 Å². The number of nitriles is 1.